The van der Waals surface area contributed by atoms with Crippen LogP contribution in [0.25, 0.3) is 0 Å². The monoisotopic (exact) mass is 398 g/mol. The summed E-state index contributed by atoms with van der Waals surface area (Å²) in [6, 6.07) is 15.5. The number of nitrogens with zero attached hydrogens (tertiary/aromatic N) is 1. The van der Waals surface area contributed by atoms with Crippen molar-refractivity contribution < 1.29 is 14.4 Å². The van der Waals surface area contributed by atoms with E-state index >= 15 is 0 Å². The maximum atomic E-state index is 12.5. The van der Waals surface area contributed by atoms with Gasteiger partial charge in [-0.1, -0.05) is 41.4 Å². The first-order chi connectivity index (χ1) is 13.4. The van der Waals surface area contributed by atoms with Crippen LogP contribution in [0.2, 0.25) is 5.02 Å². The van der Waals surface area contributed by atoms with Gasteiger partial charge in [-0.15, -0.1) is 0 Å². The maximum absolute atomic E-state index is 12.5. The minimum Gasteiger partial charge on any atom is -0.379 e. The van der Waals surface area contributed by atoms with E-state index in [-0.39, 0.29) is 5.78 Å². The largest absolute Gasteiger partial charge is 0.379 e. The number of halogens is 1. The van der Waals surface area contributed by atoms with Crippen LogP contribution >= 0.6 is 11.6 Å². The van der Waals surface area contributed by atoms with Crippen molar-refractivity contribution in [1.29, 1.82) is 0 Å². The molecule has 4 heteroatoms. The lowest BCUT2D eigenvalue weighted by Crippen LogP contribution is -2.67. The molecule has 0 radical (unpaired) electrons. The van der Waals surface area contributed by atoms with E-state index < -0.39 is 5.60 Å². The molecule has 0 aliphatic carbocycles. The van der Waals surface area contributed by atoms with Crippen LogP contribution in [0.1, 0.15) is 47.2 Å². The smallest absolute Gasteiger partial charge is 0.163 e. The summed E-state index contributed by atoms with van der Waals surface area (Å²) in [6.45, 7) is 6.05. The Morgan fingerprint density at radius 2 is 1.75 bits per heavy atom. The third-order valence-corrected chi connectivity index (χ3v) is 7.16. The first kappa shape index (κ1) is 19.6. The lowest BCUT2D eigenvalue weighted by molar-refractivity contribution is -0.952. The van der Waals surface area contributed by atoms with Crippen LogP contribution in [0.4, 0.5) is 0 Å². The molecule has 0 aromatic heterocycles. The van der Waals surface area contributed by atoms with Crippen molar-refractivity contribution in [3.05, 3.63) is 70.2 Å². The highest BCUT2D eigenvalue weighted by Gasteiger charge is 2.54. The van der Waals surface area contributed by atoms with Gasteiger partial charge in [0.2, 0.25) is 0 Å². The quantitative estimate of drug-likeness (QED) is 0.563. The molecule has 3 heterocycles. The third kappa shape index (κ3) is 3.76. The summed E-state index contributed by atoms with van der Waals surface area (Å²) in [5.41, 5.74) is 2.28. The molecule has 2 bridgehead atoms. The highest BCUT2D eigenvalue weighted by atomic mass is 35.5. The molecular formula is C24H29ClNO2+. The predicted octanol–water partition coefficient (Wildman–Crippen LogP) is 4.74. The van der Waals surface area contributed by atoms with Crippen molar-refractivity contribution in [3.63, 3.8) is 0 Å². The molecule has 0 amide bonds. The van der Waals surface area contributed by atoms with Gasteiger partial charge in [0.15, 0.2) is 5.78 Å². The van der Waals surface area contributed by atoms with Crippen LogP contribution in [-0.4, -0.2) is 41.6 Å². The van der Waals surface area contributed by atoms with Gasteiger partial charge in [-0.2, -0.15) is 0 Å². The Balaban J connectivity index is 1.42. The number of benzene rings is 2. The van der Waals surface area contributed by atoms with Crippen LogP contribution in [0, 0.1) is 12.8 Å². The summed E-state index contributed by atoms with van der Waals surface area (Å²) in [6.07, 6.45) is 3.54. The summed E-state index contributed by atoms with van der Waals surface area (Å²) in [7, 11) is 0. The zero-order chi connectivity index (χ0) is 19.8. The van der Waals surface area contributed by atoms with E-state index in [1.807, 2.05) is 0 Å². The SMILES string of the molecule is Cc1ccc(C2(O)C[N+]3(CCCC(=O)c4ccc(Cl)cc4)CCC2CC3)cc1. The molecule has 3 saturated heterocycles. The van der Waals surface area contributed by atoms with Crippen molar-refractivity contribution in [2.24, 2.45) is 5.92 Å². The zero-order valence-corrected chi connectivity index (χ0v) is 17.3. The van der Waals surface area contributed by atoms with Gasteiger partial charge in [0.05, 0.1) is 19.6 Å². The molecule has 0 spiro atoms. The van der Waals surface area contributed by atoms with Crippen LogP contribution < -0.4 is 0 Å². The highest BCUT2D eigenvalue weighted by Crippen LogP contribution is 2.46. The number of hydrogen-bond acceptors (Lipinski definition) is 2. The predicted molar refractivity (Wildman–Crippen MR) is 113 cm³/mol. The van der Waals surface area contributed by atoms with E-state index in [0.29, 0.717) is 17.4 Å². The number of aryl methyl sites for hydroxylation is 1. The summed E-state index contributed by atoms with van der Waals surface area (Å²) in [4.78, 5) is 12.5. The average Bonchev–Trinajstić information content (AvgIpc) is 2.69. The van der Waals surface area contributed by atoms with Crippen LogP contribution in [-0.2, 0) is 5.60 Å². The van der Waals surface area contributed by atoms with Crippen LogP contribution in [0.5, 0.6) is 0 Å². The van der Waals surface area contributed by atoms with Gasteiger partial charge in [0, 0.05) is 42.2 Å². The van der Waals surface area contributed by atoms with E-state index in [1.165, 1.54) is 5.56 Å². The Kier molecular flexibility index (Phi) is 5.34. The molecule has 3 nitrogen and oxygen atoms in total. The third-order valence-electron chi connectivity index (χ3n) is 6.91. The Hall–Kier alpha value is -1.68. The second-order valence-corrected chi connectivity index (χ2v) is 9.21. The van der Waals surface area contributed by atoms with E-state index in [2.05, 4.69) is 31.2 Å². The molecular weight excluding hydrogens is 370 g/mol. The van der Waals surface area contributed by atoms with Gasteiger partial charge >= 0.3 is 0 Å². The van der Waals surface area contributed by atoms with Gasteiger partial charge in [-0.25, -0.2) is 0 Å². The summed E-state index contributed by atoms with van der Waals surface area (Å²) >= 11 is 5.91. The molecule has 3 aliphatic rings. The molecule has 2 aromatic carbocycles. The fraction of sp³-hybridized carbons (Fsp3) is 0.458. The van der Waals surface area contributed by atoms with Crippen LogP contribution in [0.15, 0.2) is 48.5 Å². The molecule has 148 valence electrons. The molecule has 0 saturated carbocycles. The summed E-state index contributed by atoms with van der Waals surface area (Å²) < 4.78 is 0.939. The van der Waals surface area contributed by atoms with Crippen molar-refractivity contribution in [2.45, 2.75) is 38.2 Å². The van der Waals surface area contributed by atoms with Gasteiger partial charge in [0.25, 0.3) is 0 Å². The van der Waals surface area contributed by atoms with E-state index in [4.69, 9.17) is 11.6 Å². The number of ketones is 1. The van der Waals surface area contributed by atoms with Gasteiger partial charge < -0.3 is 9.59 Å². The standard InChI is InChI=1S/C24H29ClNO2/c1-18-4-8-20(9-5-18)24(28)17-26(15-12-21(24)13-16-26)14-2-3-23(27)19-6-10-22(25)11-7-19/h4-11,21,28H,2-3,12-17H2,1H3/q+1. The van der Waals surface area contributed by atoms with Crippen molar-refractivity contribution >= 4 is 17.4 Å². The van der Waals surface area contributed by atoms with Crippen molar-refractivity contribution in [2.75, 3.05) is 26.2 Å². The lowest BCUT2D eigenvalue weighted by Gasteiger charge is -2.56. The topological polar surface area (TPSA) is 37.3 Å². The molecule has 1 atom stereocenters. The first-order valence-electron chi connectivity index (χ1n) is 10.3. The second-order valence-electron chi connectivity index (χ2n) is 8.77. The Morgan fingerprint density at radius 1 is 1.11 bits per heavy atom. The minimum atomic E-state index is -0.732. The summed E-state index contributed by atoms with van der Waals surface area (Å²) in [5, 5.41) is 12.3. The van der Waals surface area contributed by atoms with Gasteiger partial charge in [-0.3, -0.25) is 4.79 Å². The zero-order valence-electron chi connectivity index (χ0n) is 16.5. The lowest BCUT2D eigenvalue weighted by atomic mass is 9.70. The number of carbonyl (C=O) groups excluding carboxylic acids is 1. The molecule has 1 unspecified atom stereocenters. The number of quaternary nitrogens is 1. The molecule has 3 aliphatic heterocycles. The van der Waals surface area contributed by atoms with Crippen molar-refractivity contribution in [1.82, 2.24) is 0 Å². The number of rotatable bonds is 6. The summed E-state index contributed by atoms with van der Waals surface area (Å²) in [5.74, 6) is 0.529. The van der Waals surface area contributed by atoms with E-state index in [9.17, 15) is 9.90 Å². The molecule has 2 aromatic rings. The van der Waals surface area contributed by atoms with Crippen molar-refractivity contribution in [3.8, 4) is 0 Å². The number of hydrogen-bond donors (Lipinski definition) is 1. The highest BCUT2D eigenvalue weighted by molar-refractivity contribution is 6.30. The Labute approximate surface area is 172 Å². The second kappa shape index (κ2) is 7.62. The van der Waals surface area contributed by atoms with Gasteiger partial charge in [-0.05, 0) is 36.8 Å². The van der Waals surface area contributed by atoms with E-state index in [0.717, 1.165) is 61.1 Å². The molecule has 28 heavy (non-hydrogen) atoms. The first-order valence-corrected chi connectivity index (χ1v) is 10.7. The average molecular weight is 399 g/mol. The fourth-order valence-electron chi connectivity index (χ4n) is 5.22. The fourth-order valence-corrected chi connectivity index (χ4v) is 5.34. The normalized spacial score (nSPS) is 29.0. The Bertz CT molecular complexity index is 838. The number of carbonyl (C=O) groups is 1. The van der Waals surface area contributed by atoms with E-state index in [1.54, 1.807) is 24.3 Å². The number of fused-ring (bicyclic) bond motifs is 3. The molecule has 1 N–H and O–H groups in total. The number of piperidine rings is 3. The Morgan fingerprint density at radius 3 is 2.39 bits per heavy atom. The van der Waals surface area contributed by atoms with Gasteiger partial charge in [0.1, 0.15) is 12.1 Å². The maximum Gasteiger partial charge on any atom is 0.163 e. The number of Topliss-reactive ketones (excluding diaryl/α,β-unsaturated/α-hetero) is 1. The van der Waals surface area contributed by atoms with Crippen LogP contribution in [0.3, 0.4) is 0 Å². The number of aliphatic hydroxyl groups is 1. The molecule has 3 fully saturated rings. The molecule has 5 rings (SSSR count). The minimum absolute atomic E-state index is 0.176.